The third-order valence-electron chi connectivity index (χ3n) is 3.73. The van der Waals surface area contributed by atoms with Crippen molar-refractivity contribution in [1.82, 2.24) is 10.3 Å². The number of anilines is 1. The number of halogens is 2. The molecule has 0 aliphatic carbocycles. The van der Waals surface area contributed by atoms with Crippen molar-refractivity contribution in [2.75, 3.05) is 12.4 Å². The number of fused-ring (bicyclic) bond motifs is 1. The molecule has 3 aromatic rings. The zero-order valence-corrected chi connectivity index (χ0v) is 18.9. The lowest BCUT2D eigenvalue weighted by Gasteiger charge is -2.06. The fourth-order valence-electron chi connectivity index (χ4n) is 2.39. The van der Waals surface area contributed by atoms with Crippen molar-refractivity contribution >= 4 is 83.5 Å². The fraction of sp³-hybridized carbons (Fsp3) is 0.105. The SMILES string of the molecule is COc1ccc(Br)cc1C=CC(=O)NC(=S)Nc1nc2cc(Cl)c(C)cc2s1. The molecule has 3 rings (SSSR count). The summed E-state index contributed by atoms with van der Waals surface area (Å²) in [6.07, 6.45) is 3.05. The number of hydrogen-bond donors (Lipinski definition) is 2. The molecule has 1 amide bonds. The summed E-state index contributed by atoms with van der Waals surface area (Å²) in [7, 11) is 1.58. The normalized spacial score (nSPS) is 11.0. The van der Waals surface area contributed by atoms with E-state index < -0.39 is 0 Å². The minimum Gasteiger partial charge on any atom is -0.496 e. The van der Waals surface area contributed by atoms with E-state index in [-0.39, 0.29) is 11.0 Å². The lowest BCUT2D eigenvalue weighted by Crippen LogP contribution is -2.32. The van der Waals surface area contributed by atoms with Gasteiger partial charge in [0.25, 0.3) is 0 Å². The molecule has 1 aromatic heterocycles. The molecule has 0 unspecified atom stereocenters. The molecule has 9 heteroatoms. The first-order chi connectivity index (χ1) is 13.4. The second-order valence-corrected chi connectivity index (χ2v) is 8.51. The minimum absolute atomic E-state index is 0.165. The van der Waals surface area contributed by atoms with Gasteiger partial charge in [0.15, 0.2) is 10.2 Å². The summed E-state index contributed by atoms with van der Waals surface area (Å²) in [4.78, 5) is 16.6. The Labute approximate surface area is 184 Å². The van der Waals surface area contributed by atoms with E-state index in [2.05, 4.69) is 31.5 Å². The molecule has 144 valence electrons. The number of nitrogens with one attached hydrogen (secondary N) is 2. The maximum absolute atomic E-state index is 12.2. The molecule has 0 radical (unpaired) electrons. The van der Waals surface area contributed by atoms with Gasteiger partial charge in [0.1, 0.15) is 5.75 Å². The highest BCUT2D eigenvalue weighted by Crippen LogP contribution is 2.30. The van der Waals surface area contributed by atoms with Gasteiger partial charge in [0.05, 0.1) is 17.3 Å². The number of aromatic nitrogens is 1. The van der Waals surface area contributed by atoms with Gasteiger partial charge in [-0.3, -0.25) is 10.1 Å². The predicted molar refractivity (Wildman–Crippen MR) is 123 cm³/mol. The van der Waals surface area contributed by atoms with Crippen LogP contribution < -0.4 is 15.4 Å². The molecule has 2 aromatic carbocycles. The first-order valence-corrected chi connectivity index (χ1v) is 10.5. The van der Waals surface area contributed by atoms with Crippen molar-refractivity contribution in [3.8, 4) is 5.75 Å². The van der Waals surface area contributed by atoms with Gasteiger partial charge in [0.2, 0.25) is 5.91 Å². The molecule has 0 bridgehead atoms. The van der Waals surface area contributed by atoms with E-state index in [0.29, 0.717) is 15.9 Å². The summed E-state index contributed by atoms with van der Waals surface area (Å²) in [5.74, 6) is 0.302. The number of rotatable bonds is 4. The van der Waals surface area contributed by atoms with E-state index >= 15 is 0 Å². The predicted octanol–water partition coefficient (Wildman–Crippen LogP) is 5.56. The van der Waals surface area contributed by atoms with Gasteiger partial charge in [-0.15, -0.1) is 0 Å². The quantitative estimate of drug-likeness (QED) is 0.366. The number of amides is 1. The van der Waals surface area contributed by atoms with Crippen LogP contribution in [0.4, 0.5) is 5.13 Å². The maximum atomic E-state index is 12.2. The molecule has 0 saturated carbocycles. The summed E-state index contributed by atoms with van der Waals surface area (Å²) in [6, 6.07) is 9.31. The number of carbonyl (C=O) groups is 1. The van der Waals surface area contributed by atoms with Gasteiger partial charge in [0, 0.05) is 21.1 Å². The van der Waals surface area contributed by atoms with E-state index in [9.17, 15) is 4.79 Å². The van der Waals surface area contributed by atoms with Gasteiger partial charge in [-0.25, -0.2) is 4.98 Å². The minimum atomic E-state index is -0.362. The van der Waals surface area contributed by atoms with E-state index in [1.54, 1.807) is 13.2 Å². The van der Waals surface area contributed by atoms with Gasteiger partial charge < -0.3 is 10.1 Å². The highest BCUT2D eigenvalue weighted by molar-refractivity contribution is 9.10. The number of methoxy groups -OCH3 is 1. The van der Waals surface area contributed by atoms with Crippen molar-refractivity contribution in [2.24, 2.45) is 0 Å². The van der Waals surface area contributed by atoms with E-state index in [0.717, 1.165) is 25.8 Å². The Morgan fingerprint density at radius 1 is 1.36 bits per heavy atom. The zero-order chi connectivity index (χ0) is 20.3. The van der Waals surface area contributed by atoms with Crippen LogP contribution in [-0.2, 0) is 4.79 Å². The first-order valence-electron chi connectivity index (χ1n) is 8.06. The molecule has 0 fully saturated rings. The van der Waals surface area contributed by atoms with Crippen LogP contribution in [0.25, 0.3) is 16.3 Å². The van der Waals surface area contributed by atoms with Crippen LogP contribution in [0.5, 0.6) is 5.75 Å². The second-order valence-electron chi connectivity index (χ2n) is 5.75. The molecule has 2 N–H and O–H groups in total. The van der Waals surface area contributed by atoms with Crippen LogP contribution in [0.2, 0.25) is 5.02 Å². The molecule has 0 aliphatic heterocycles. The summed E-state index contributed by atoms with van der Waals surface area (Å²) >= 11 is 16.2. The fourth-order valence-corrected chi connectivity index (χ4v) is 4.14. The van der Waals surface area contributed by atoms with E-state index in [1.807, 2.05) is 37.3 Å². The zero-order valence-electron chi connectivity index (χ0n) is 14.9. The van der Waals surface area contributed by atoms with Gasteiger partial charge in [-0.1, -0.05) is 38.9 Å². The Balaban J connectivity index is 1.65. The summed E-state index contributed by atoms with van der Waals surface area (Å²) in [6.45, 7) is 1.94. The summed E-state index contributed by atoms with van der Waals surface area (Å²) in [5.41, 5.74) is 2.52. The van der Waals surface area contributed by atoms with Crippen molar-refractivity contribution in [3.05, 3.63) is 57.0 Å². The monoisotopic (exact) mass is 495 g/mol. The lowest BCUT2D eigenvalue weighted by atomic mass is 10.2. The van der Waals surface area contributed by atoms with Crippen LogP contribution in [0.3, 0.4) is 0 Å². The van der Waals surface area contributed by atoms with E-state index in [4.69, 9.17) is 28.6 Å². The average Bonchev–Trinajstić information content (AvgIpc) is 3.01. The molecule has 0 atom stereocenters. The molecule has 0 aliphatic rings. The number of aryl methyl sites for hydroxylation is 1. The summed E-state index contributed by atoms with van der Waals surface area (Å²) < 4.78 is 7.15. The molecular weight excluding hydrogens is 482 g/mol. The van der Waals surface area contributed by atoms with Crippen molar-refractivity contribution in [2.45, 2.75) is 6.92 Å². The smallest absolute Gasteiger partial charge is 0.250 e. The van der Waals surface area contributed by atoms with Crippen molar-refractivity contribution in [1.29, 1.82) is 0 Å². The number of carbonyl (C=O) groups excluding carboxylic acids is 1. The number of nitrogens with zero attached hydrogens (tertiary/aromatic N) is 1. The Hall–Kier alpha value is -2.00. The largest absolute Gasteiger partial charge is 0.496 e. The Bertz CT molecular complexity index is 1060. The topological polar surface area (TPSA) is 63.2 Å². The van der Waals surface area contributed by atoms with Gasteiger partial charge >= 0.3 is 0 Å². The number of ether oxygens (including phenoxy) is 1. The Kier molecular flexibility index (Phi) is 6.66. The molecule has 0 spiro atoms. The standard InChI is InChI=1S/C19H15BrClN3O2S2/c1-10-7-16-14(9-13(10)21)22-19(28-16)24-18(27)23-17(25)6-3-11-8-12(20)4-5-15(11)26-2/h3-9H,1-2H3,(H2,22,23,24,25,27). The van der Waals surface area contributed by atoms with Crippen LogP contribution in [0.15, 0.2) is 40.9 Å². The number of thiazole rings is 1. The van der Waals surface area contributed by atoms with Crippen molar-refractivity contribution < 1.29 is 9.53 Å². The average molecular weight is 497 g/mol. The van der Waals surface area contributed by atoms with E-state index in [1.165, 1.54) is 17.4 Å². The molecule has 0 saturated heterocycles. The molecule has 5 nitrogen and oxygen atoms in total. The molecule has 1 heterocycles. The van der Waals surface area contributed by atoms with Crippen LogP contribution in [0, 0.1) is 6.92 Å². The molecular formula is C19H15BrClN3O2S2. The maximum Gasteiger partial charge on any atom is 0.250 e. The van der Waals surface area contributed by atoms with Crippen LogP contribution in [0.1, 0.15) is 11.1 Å². The second kappa shape index (κ2) is 9.00. The number of hydrogen-bond acceptors (Lipinski definition) is 5. The highest BCUT2D eigenvalue weighted by atomic mass is 79.9. The van der Waals surface area contributed by atoms with Crippen LogP contribution in [-0.4, -0.2) is 23.1 Å². The van der Waals surface area contributed by atoms with Gasteiger partial charge in [-0.2, -0.15) is 0 Å². The van der Waals surface area contributed by atoms with Gasteiger partial charge in [-0.05, 0) is 61.1 Å². The number of benzene rings is 2. The van der Waals surface area contributed by atoms with Crippen LogP contribution >= 0.6 is 51.1 Å². The highest BCUT2D eigenvalue weighted by Gasteiger charge is 2.09. The third kappa shape index (κ3) is 5.08. The Morgan fingerprint density at radius 2 is 2.14 bits per heavy atom. The molecule has 28 heavy (non-hydrogen) atoms. The third-order valence-corrected chi connectivity index (χ3v) is 5.77. The lowest BCUT2D eigenvalue weighted by molar-refractivity contribution is -0.115. The Morgan fingerprint density at radius 3 is 2.89 bits per heavy atom. The summed E-state index contributed by atoms with van der Waals surface area (Å²) in [5, 5.41) is 6.94. The first kappa shape index (κ1) is 20.7. The van der Waals surface area contributed by atoms with Crippen molar-refractivity contribution in [3.63, 3.8) is 0 Å². The number of thiocarbonyl (C=S) groups is 1.